The molecule has 0 atom stereocenters. The molecule has 2 nitrogen and oxygen atoms in total. The molecule has 0 unspecified atom stereocenters. The van der Waals surface area contributed by atoms with Gasteiger partial charge in [-0.25, -0.2) is 0 Å². The molecule has 1 saturated heterocycles. The molecule has 1 fully saturated rings. The van der Waals surface area contributed by atoms with Gasteiger partial charge in [-0.15, -0.1) is 0 Å². The average Bonchev–Trinajstić information content (AvgIpc) is 2.33. The SMILES string of the molecule is CCN1CCC(O)(Cc2ccc(Br)cc2)CC1. The molecule has 94 valence electrons. The molecular formula is C14H20BrNO. The number of halogens is 1. The van der Waals surface area contributed by atoms with Crippen LogP contribution in [0.25, 0.3) is 0 Å². The number of benzene rings is 1. The zero-order valence-electron chi connectivity index (χ0n) is 10.3. The van der Waals surface area contributed by atoms with Crippen LogP contribution in [0.5, 0.6) is 0 Å². The summed E-state index contributed by atoms with van der Waals surface area (Å²) >= 11 is 3.43. The average molecular weight is 298 g/mol. The number of hydrogen-bond acceptors (Lipinski definition) is 2. The number of hydrogen-bond donors (Lipinski definition) is 1. The van der Waals surface area contributed by atoms with Crippen LogP contribution >= 0.6 is 15.9 Å². The molecule has 3 heteroatoms. The lowest BCUT2D eigenvalue weighted by atomic mass is 9.85. The summed E-state index contributed by atoms with van der Waals surface area (Å²) in [6.07, 6.45) is 2.55. The lowest BCUT2D eigenvalue weighted by Gasteiger charge is -2.38. The Hall–Kier alpha value is -0.380. The third kappa shape index (κ3) is 3.54. The van der Waals surface area contributed by atoms with Crippen LogP contribution in [-0.4, -0.2) is 35.2 Å². The van der Waals surface area contributed by atoms with Gasteiger partial charge in [0.2, 0.25) is 0 Å². The van der Waals surface area contributed by atoms with Crippen molar-refractivity contribution in [3.05, 3.63) is 34.3 Å². The molecular weight excluding hydrogens is 278 g/mol. The zero-order chi connectivity index (χ0) is 12.3. The van der Waals surface area contributed by atoms with Gasteiger partial charge in [0, 0.05) is 24.0 Å². The highest BCUT2D eigenvalue weighted by molar-refractivity contribution is 9.10. The molecule has 0 aromatic heterocycles. The second-order valence-corrected chi connectivity index (χ2v) is 5.88. The Kier molecular flexibility index (Phi) is 4.23. The van der Waals surface area contributed by atoms with Crippen molar-refractivity contribution in [1.29, 1.82) is 0 Å². The topological polar surface area (TPSA) is 23.5 Å². The molecule has 1 aliphatic heterocycles. The fraction of sp³-hybridized carbons (Fsp3) is 0.571. The largest absolute Gasteiger partial charge is 0.389 e. The Balaban J connectivity index is 1.96. The van der Waals surface area contributed by atoms with E-state index in [-0.39, 0.29) is 0 Å². The van der Waals surface area contributed by atoms with Crippen molar-refractivity contribution in [2.45, 2.75) is 31.8 Å². The Morgan fingerprint density at radius 2 is 1.82 bits per heavy atom. The van der Waals surface area contributed by atoms with Crippen LogP contribution in [0.4, 0.5) is 0 Å². The minimum absolute atomic E-state index is 0.500. The van der Waals surface area contributed by atoms with E-state index in [1.165, 1.54) is 5.56 Å². The van der Waals surface area contributed by atoms with E-state index in [9.17, 15) is 5.11 Å². The van der Waals surface area contributed by atoms with Crippen LogP contribution in [-0.2, 0) is 6.42 Å². The number of piperidine rings is 1. The Morgan fingerprint density at radius 3 is 2.35 bits per heavy atom. The number of rotatable bonds is 3. The lowest BCUT2D eigenvalue weighted by Crippen LogP contribution is -2.45. The first-order chi connectivity index (χ1) is 8.11. The van der Waals surface area contributed by atoms with Crippen LogP contribution < -0.4 is 0 Å². The van der Waals surface area contributed by atoms with Crippen molar-refractivity contribution in [3.8, 4) is 0 Å². The van der Waals surface area contributed by atoms with E-state index < -0.39 is 5.60 Å². The van der Waals surface area contributed by atoms with Gasteiger partial charge in [-0.2, -0.15) is 0 Å². The first-order valence-electron chi connectivity index (χ1n) is 6.30. The standard InChI is InChI=1S/C14H20BrNO/c1-2-16-9-7-14(17,8-10-16)11-12-3-5-13(15)6-4-12/h3-6,17H,2,7-11H2,1H3. The normalized spacial score (nSPS) is 20.4. The second-order valence-electron chi connectivity index (χ2n) is 4.96. The van der Waals surface area contributed by atoms with Crippen LogP contribution in [0.2, 0.25) is 0 Å². The maximum absolute atomic E-state index is 10.6. The molecule has 1 aromatic carbocycles. The lowest BCUT2D eigenvalue weighted by molar-refractivity contribution is -0.0194. The number of nitrogens with zero attached hydrogens (tertiary/aromatic N) is 1. The summed E-state index contributed by atoms with van der Waals surface area (Å²) in [5, 5.41) is 10.6. The summed E-state index contributed by atoms with van der Waals surface area (Å²) in [7, 11) is 0. The molecule has 0 radical (unpaired) electrons. The molecule has 0 saturated carbocycles. The third-order valence-corrected chi connectivity index (χ3v) is 4.21. The predicted octanol–water partition coefficient (Wildman–Crippen LogP) is 2.84. The quantitative estimate of drug-likeness (QED) is 0.927. The summed E-state index contributed by atoms with van der Waals surface area (Å²) in [6.45, 7) is 5.31. The second kappa shape index (κ2) is 5.51. The van der Waals surface area contributed by atoms with Crippen molar-refractivity contribution in [1.82, 2.24) is 4.90 Å². The van der Waals surface area contributed by atoms with Gasteiger partial charge >= 0.3 is 0 Å². The summed E-state index contributed by atoms with van der Waals surface area (Å²) in [5.41, 5.74) is 0.722. The predicted molar refractivity (Wildman–Crippen MR) is 74.1 cm³/mol. The number of aliphatic hydroxyl groups is 1. The van der Waals surface area contributed by atoms with Crippen LogP contribution in [0.15, 0.2) is 28.7 Å². The summed E-state index contributed by atoms with van der Waals surface area (Å²) < 4.78 is 1.09. The molecule has 0 amide bonds. The highest BCUT2D eigenvalue weighted by atomic mass is 79.9. The van der Waals surface area contributed by atoms with E-state index in [2.05, 4.69) is 39.9 Å². The van der Waals surface area contributed by atoms with Gasteiger partial charge in [0.05, 0.1) is 5.60 Å². The minimum Gasteiger partial charge on any atom is -0.389 e. The van der Waals surface area contributed by atoms with Crippen molar-refractivity contribution in [2.75, 3.05) is 19.6 Å². The smallest absolute Gasteiger partial charge is 0.0712 e. The van der Waals surface area contributed by atoms with Crippen molar-refractivity contribution in [3.63, 3.8) is 0 Å². The monoisotopic (exact) mass is 297 g/mol. The van der Waals surface area contributed by atoms with Crippen LogP contribution in [0, 0.1) is 0 Å². The van der Waals surface area contributed by atoms with E-state index in [4.69, 9.17) is 0 Å². The summed E-state index contributed by atoms with van der Waals surface area (Å²) in [5.74, 6) is 0. The van der Waals surface area contributed by atoms with Gasteiger partial charge in [-0.05, 0) is 37.1 Å². The fourth-order valence-electron chi connectivity index (χ4n) is 2.44. The molecule has 1 aliphatic rings. The first-order valence-corrected chi connectivity index (χ1v) is 7.10. The molecule has 1 aromatic rings. The van der Waals surface area contributed by atoms with E-state index in [1.807, 2.05) is 12.1 Å². The van der Waals surface area contributed by atoms with Gasteiger partial charge in [0.25, 0.3) is 0 Å². The Bertz CT molecular complexity index is 355. The molecule has 2 rings (SSSR count). The molecule has 0 aliphatic carbocycles. The van der Waals surface area contributed by atoms with Crippen molar-refractivity contribution >= 4 is 15.9 Å². The zero-order valence-corrected chi connectivity index (χ0v) is 11.9. The van der Waals surface area contributed by atoms with Crippen molar-refractivity contribution in [2.24, 2.45) is 0 Å². The Morgan fingerprint density at radius 1 is 1.24 bits per heavy atom. The first kappa shape index (κ1) is 13.1. The fourth-order valence-corrected chi connectivity index (χ4v) is 2.71. The van der Waals surface area contributed by atoms with E-state index in [1.54, 1.807) is 0 Å². The van der Waals surface area contributed by atoms with Gasteiger partial charge in [0.1, 0.15) is 0 Å². The summed E-state index contributed by atoms with van der Waals surface area (Å²) in [6, 6.07) is 8.27. The van der Waals surface area contributed by atoms with Crippen LogP contribution in [0.1, 0.15) is 25.3 Å². The molecule has 0 spiro atoms. The highest BCUT2D eigenvalue weighted by Gasteiger charge is 2.31. The summed E-state index contributed by atoms with van der Waals surface area (Å²) in [4.78, 5) is 2.40. The molecule has 17 heavy (non-hydrogen) atoms. The van der Waals surface area contributed by atoms with Crippen molar-refractivity contribution < 1.29 is 5.11 Å². The third-order valence-electron chi connectivity index (χ3n) is 3.68. The minimum atomic E-state index is -0.500. The molecule has 0 bridgehead atoms. The van der Waals surface area contributed by atoms with E-state index in [0.29, 0.717) is 0 Å². The number of likely N-dealkylation sites (tertiary alicyclic amines) is 1. The Labute approximate surface area is 112 Å². The van der Waals surface area contributed by atoms with E-state index >= 15 is 0 Å². The maximum Gasteiger partial charge on any atom is 0.0712 e. The van der Waals surface area contributed by atoms with Crippen LogP contribution in [0.3, 0.4) is 0 Å². The highest BCUT2D eigenvalue weighted by Crippen LogP contribution is 2.26. The van der Waals surface area contributed by atoms with Gasteiger partial charge in [-0.1, -0.05) is 35.0 Å². The maximum atomic E-state index is 10.6. The van der Waals surface area contributed by atoms with Gasteiger partial charge in [-0.3, -0.25) is 0 Å². The van der Waals surface area contributed by atoms with E-state index in [0.717, 1.165) is 43.4 Å². The van der Waals surface area contributed by atoms with Gasteiger partial charge < -0.3 is 10.0 Å². The molecule has 1 heterocycles. The molecule has 1 N–H and O–H groups in total. The van der Waals surface area contributed by atoms with Gasteiger partial charge in [0.15, 0.2) is 0 Å².